The standard InChI is InChI=1S/C19H16N4O4S/c1-25-10-16(24)20-13-8-6-12(7-9-13)18-22-17(27-23-18)11-28-19-21-14-4-2-3-5-15(14)26-19/h2-9H,10-11H2,1H3,(H,20,24). The summed E-state index contributed by atoms with van der Waals surface area (Å²) < 4.78 is 15.8. The molecule has 0 unspecified atom stereocenters. The first-order valence-corrected chi connectivity index (χ1v) is 9.40. The number of methoxy groups -OCH3 is 1. The number of hydrogen-bond acceptors (Lipinski definition) is 8. The monoisotopic (exact) mass is 396 g/mol. The first-order valence-electron chi connectivity index (χ1n) is 8.41. The van der Waals surface area contributed by atoms with Gasteiger partial charge in [0, 0.05) is 18.4 Å². The lowest BCUT2D eigenvalue weighted by atomic mass is 10.2. The highest BCUT2D eigenvalue weighted by Crippen LogP contribution is 2.26. The molecule has 0 saturated heterocycles. The second-order valence-corrected chi connectivity index (χ2v) is 6.73. The molecule has 1 amide bonds. The first kappa shape index (κ1) is 18.2. The van der Waals surface area contributed by atoms with Crippen LogP contribution in [0.4, 0.5) is 5.69 Å². The summed E-state index contributed by atoms with van der Waals surface area (Å²) in [4.78, 5) is 20.3. The number of benzene rings is 2. The smallest absolute Gasteiger partial charge is 0.257 e. The minimum Gasteiger partial charge on any atom is -0.431 e. The number of aromatic nitrogens is 3. The highest BCUT2D eigenvalue weighted by atomic mass is 32.2. The third-order valence-corrected chi connectivity index (χ3v) is 4.58. The molecule has 0 bridgehead atoms. The SMILES string of the molecule is COCC(=O)Nc1ccc(-c2noc(CSc3nc4ccccc4o3)n2)cc1. The van der Waals surface area contributed by atoms with Crippen LogP contribution < -0.4 is 5.32 Å². The molecule has 2 aromatic heterocycles. The number of rotatable bonds is 7. The van der Waals surface area contributed by atoms with Crippen LogP contribution in [-0.4, -0.2) is 34.7 Å². The Morgan fingerprint density at radius 3 is 2.75 bits per heavy atom. The van der Waals surface area contributed by atoms with Crippen LogP contribution >= 0.6 is 11.8 Å². The number of amides is 1. The van der Waals surface area contributed by atoms with E-state index in [-0.39, 0.29) is 12.5 Å². The van der Waals surface area contributed by atoms with Crippen LogP contribution in [0.25, 0.3) is 22.5 Å². The van der Waals surface area contributed by atoms with Gasteiger partial charge in [-0.05, 0) is 36.4 Å². The van der Waals surface area contributed by atoms with Crippen LogP contribution in [-0.2, 0) is 15.3 Å². The lowest BCUT2D eigenvalue weighted by Gasteiger charge is -2.04. The van der Waals surface area contributed by atoms with Crippen LogP contribution in [0, 0.1) is 0 Å². The van der Waals surface area contributed by atoms with E-state index in [1.54, 1.807) is 12.1 Å². The molecule has 2 aromatic carbocycles. The van der Waals surface area contributed by atoms with Crippen molar-refractivity contribution in [2.24, 2.45) is 0 Å². The zero-order valence-electron chi connectivity index (χ0n) is 14.9. The average molecular weight is 396 g/mol. The summed E-state index contributed by atoms with van der Waals surface area (Å²) in [7, 11) is 1.47. The van der Waals surface area contributed by atoms with Crippen molar-refractivity contribution in [2.45, 2.75) is 11.0 Å². The van der Waals surface area contributed by atoms with Gasteiger partial charge in [-0.3, -0.25) is 4.79 Å². The largest absolute Gasteiger partial charge is 0.431 e. The van der Waals surface area contributed by atoms with E-state index in [0.29, 0.717) is 28.4 Å². The van der Waals surface area contributed by atoms with Gasteiger partial charge < -0.3 is 19.0 Å². The average Bonchev–Trinajstić information content (AvgIpc) is 3.34. The molecule has 0 radical (unpaired) electrons. The summed E-state index contributed by atoms with van der Waals surface area (Å²) >= 11 is 1.39. The van der Waals surface area contributed by atoms with Crippen molar-refractivity contribution in [3.63, 3.8) is 0 Å². The van der Waals surface area contributed by atoms with E-state index in [0.717, 1.165) is 16.7 Å². The second-order valence-electron chi connectivity index (χ2n) is 5.81. The zero-order valence-corrected chi connectivity index (χ0v) is 15.7. The Hall–Kier alpha value is -3.17. The molecule has 4 rings (SSSR count). The summed E-state index contributed by atoms with van der Waals surface area (Å²) in [6, 6.07) is 14.8. The maximum Gasteiger partial charge on any atom is 0.257 e. The second kappa shape index (κ2) is 8.24. The Morgan fingerprint density at radius 2 is 1.96 bits per heavy atom. The molecule has 2 heterocycles. The van der Waals surface area contributed by atoms with Gasteiger partial charge in [0.15, 0.2) is 5.58 Å². The number of thioether (sulfide) groups is 1. The molecule has 1 N–H and O–H groups in total. The summed E-state index contributed by atoms with van der Waals surface area (Å²) in [6.45, 7) is 0.00765. The quantitative estimate of drug-likeness (QED) is 0.471. The Morgan fingerprint density at radius 1 is 1.14 bits per heavy atom. The topological polar surface area (TPSA) is 103 Å². The normalized spacial score (nSPS) is 11.0. The number of nitrogens with zero attached hydrogens (tertiary/aromatic N) is 3. The van der Waals surface area contributed by atoms with Crippen LogP contribution in [0.1, 0.15) is 5.89 Å². The molecule has 9 heteroatoms. The van der Waals surface area contributed by atoms with Crippen molar-refractivity contribution in [3.05, 3.63) is 54.4 Å². The zero-order chi connectivity index (χ0) is 19.3. The molecule has 0 fully saturated rings. The van der Waals surface area contributed by atoms with Gasteiger partial charge in [0.05, 0.1) is 5.75 Å². The van der Waals surface area contributed by atoms with E-state index in [1.807, 2.05) is 36.4 Å². The molecular weight excluding hydrogens is 380 g/mol. The maximum absolute atomic E-state index is 11.5. The number of hydrogen-bond donors (Lipinski definition) is 1. The highest BCUT2D eigenvalue weighted by Gasteiger charge is 2.12. The maximum atomic E-state index is 11.5. The van der Waals surface area contributed by atoms with Gasteiger partial charge >= 0.3 is 0 Å². The van der Waals surface area contributed by atoms with Gasteiger partial charge in [-0.2, -0.15) is 4.98 Å². The van der Waals surface area contributed by atoms with Crippen LogP contribution in [0.2, 0.25) is 0 Å². The third kappa shape index (κ3) is 4.21. The predicted molar refractivity (Wildman–Crippen MR) is 104 cm³/mol. The number of oxazole rings is 1. The molecule has 0 aliphatic heterocycles. The Kier molecular flexibility index (Phi) is 5.36. The molecule has 4 aromatic rings. The Balaban J connectivity index is 1.39. The van der Waals surface area contributed by atoms with E-state index < -0.39 is 0 Å². The number of ether oxygens (including phenoxy) is 1. The first-order chi connectivity index (χ1) is 13.7. The van der Waals surface area contributed by atoms with E-state index in [4.69, 9.17) is 13.7 Å². The minimum atomic E-state index is -0.215. The highest BCUT2D eigenvalue weighted by molar-refractivity contribution is 7.98. The number of carbonyl (C=O) groups excluding carboxylic acids is 1. The molecule has 0 saturated carbocycles. The number of fused-ring (bicyclic) bond motifs is 1. The summed E-state index contributed by atoms with van der Waals surface area (Å²) in [5, 5.41) is 7.28. The number of nitrogens with one attached hydrogen (secondary N) is 1. The van der Waals surface area contributed by atoms with Crippen LogP contribution in [0.3, 0.4) is 0 Å². The van der Waals surface area contributed by atoms with Crippen molar-refractivity contribution in [3.8, 4) is 11.4 Å². The molecule has 0 aliphatic rings. The van der Waals surface area contributed by atoms with Gasteiger partial charge in [-0.15, -0.1) is 0 Å². The fourth-order valence-corrected chi connectivity index (χ4v) is 3.17. The van der Waals surface area contributed by atoms with Gasteiger partial charge in [0.25, 0.3) is 5.22 Å². The minimum absolute atomic E-state index is 0.00765. The number of para-hydroxylation sites is 2. The van der Waals surface area contributed by atoms with Crippen molar-refractivity contribution in [2.75, 3.05) is 19.0 Å². The number of carbonyl (C=O) groups is 1. The molecular formula is C19H16N4O4S. The van der Waals surface area contributed by atoms with Crippen molar-refractivity contribution in [1.82, 2.24) is 15.1 Å². The van der Waals surface area contributed by atoms with Gasteiger partial charge in [-0.25, -0.2) is 4.98 Å². The predicted octanol–water partition coefficient (Wildman–Crippen LogP) is 3.76. The third-order valence-electron chi connectivity index (χ3n) is 3.76. The van der Waals surface area contributed by atoms with Gasteiger partial charge in [0.1, 0.15) is 12.1 Å². The molecule has 8 nitrogen and oxygen atoms in total. The lowest BCUT2D eigenvalue weighted by Crippen LogP contribution is -2.16. The van der Waals surface area contributed by atoms with E-state index in [9.17, 15) is 4.79 Å². The van der Waals surface area contributed by atoms with Gasteiger partial charge in [0.2, 0.25) is 17.6 Å². The molecule has 142 valence electrons. The van der Waals surface area contributed by atoms with Crippen molar-refractivity contribution < 1.29 is 18.5 Å². The fraction of sp³-hybridized carbons (Fsp3) is 0.158. The summed E-state index contributed by atoms with van der Waals surface area (Å²) in [5.41, 5.74) is 3.01. The summed E-state index contributed by atoms with van der Waals surface area (Å²) in [6.07, 6.45) is 0. The Bertz CT molecular complexity index is 1060. The summed E-state index contributed by atoms with van der Waals surface area (Å²) in [5.74, 6) is 1.18. The van der Waals surface area contributed by atoms with Crippen molar-refractivity contribution in [1.29, 1.82) is 0 Å². The lowest BCUT2D eigenvalue weighted by molar-refractivity contribution is -0.119. The fourth-order valence-electron chi connectivity index (χ4n) is 2.50. The van der Waals surface area contributed by atoms with E-state index in [1.165, 1.54) is 18.9 Å². The molecule has 0 aliphatic carbocycles. The molecule has 0 spiro atoms. The Labute approximate surface area is 164 Å². The van der Waals surface area contributed by atoms with Crippen LogP contribution in [0.15, 0.2) is 62.7 Å². The molecule has 28 heavy (non-hydrogen) atoms. The van der Waals surface area contributed by atoms with E-state index in [2.05, 4.69) is 20.4 Å². The van der Waals surface area contributed by atoms with Gasteiger partial charge in [-0.1, -0.05) is 29.1 Å². The van der Waals surface area contributed by atoms with Crippen LogP contribution in [0.5, 0.6) is 0 Å². The molecule has 0 atom stereocenters. The van der Waals surface area contributed by atoms with Crippen molar-refractivity contribution >= 4 is 34.5 Å². The number of anilines is 1. The van der Waals surface area contributed by atoms with E-state index >= 15 is 0 Å².